The van der Waals surface area contributed by atoms with Crippen LogP contribution in [0, 0.1) is 6.92 Å². The highest BCUT2D eigenvalue weighted by Crippen LogP contribution is 2.22. The van der Waals surface area contributed by atoms with Crippen LogP contribution < -0.4 is 16.0 Å². The third-order valence-corrected chi connectivity index (χ3v) is 2.86. The van der Waals surface area contributed by atoms with Gasteiger partial charge in [-0.25, -0.2) is 9.97 Å². The number of nitrogens with one attached hydrogen (secondary N) is 2. The van der Waals surface area contributed by atoms with Gasteiger partial charge in [0.1, 0.15) is 23.3 Å². The van der Waals surface area contributed by atoms with Gasteiger partial charge in [0.25, 0.3) is 0 Å². The lowest BCUT2D eigenvalue weighted by molar-refractivity contribution is 0.795. The Morgan fingerprint density at radius 3 is 2.89 bits per heavy atom. The maximum atomic E-state index is 5.61. The molecule has 102 valence electrons. The molecular formula is C13H20N6. The summed E-state index contributed by atoms with van der Waals surface area (Å²) < 4.78 is 0. The van der Waals surface area contributed by atoms with E-state index in [1.807, 2.05) is 50.2 Å². The summed E-state index contributed by atoms with van der Waals surface area (Å²) in [4.78, 5) is 13.9. The van der Waals surface area contributed by atoms with E-state index in [4.69, 9.17) is 5.73 Å². The molecule has 2 heterocycles. The Morgan fingerprint density at radius 1 is 1.47 bits per heavy atom. The summed E-state index contributed by atoms with van der Waals surface area (Å²) in [6, 6.07) is 6.04. The number of hydrogen-bond donors (Lipinski definition) is 3. The smallest absolute Gasteiger partial charge is 0.139 e. The molecule has 0 saturated carbocycles. The first-order valence-corrected chi connectivity index (χ1v) is 6.29. The molecule has 2 rings (SSSR count). The standard InChI is InChI=1S/C13H20N6/c1-9(8-14)16-11-7-13(18-10(2)17-11)19(3)12-5-4-6-15-12/h4-7,9,15H,8,14H2,1-3H3,(H,16,17,18). The van der Waals surface area contributed by atoms with Gasteiger partial charge in [0.05, 0.1) is 0 Å². The molecule has 2 aromatic rings. The molecule has 6 nitrogen and oxygen atoms in total. The zero-order chi connectivity index (χ0) is 13.8. The first-order chi connectivity index (χ1) is 9.10. The Labute approximate surface area is 113 Å². The van der Waals surface area contributed by atoms with Crippen molar-refractivity contribution in [1.82, 2.24) is 15.0 Å². The van der Waals surface area contributed by atoms with Crippen LogP contribution in [0.2, 0.25) is 0 Å². The molecule has 0 spiro atoms. The van der Waals surface area contributed by atoms with E-state index in [2.05, 4.69) is 20.3 Å². The Bertz CT molecular complexity index is 522. The highest BCUT2D eigenvalue weighted by molar-refractivity contribution is 5.58. The molecule has 0 fully saturated rings. The monoisotopic (exact) mass is 260 g/mol. The molecule has 6 heteroatoms. The van der Waals surface area contributed by atoms with Gasteiger partial charge in [0.2, 0.25) is 0 Å². The Hall–Kier alpha value is -2.08. The lowest BCUT2D eigenvalue weighted by Gasteiger charge is -2.19. The zero-order valence-electron chi connectivity index (χ0n) is 11.5. The number of aromatic amines is 1. The minimum atomic E-state index is 0.179. The molecule has 0 saturated heterocycles. The topological polar surface area (TPSA) is 82.9 Å². The van der Waals surface area contributed by atoms with Gasteiger partial charge in [-0.05, 0) is 26.0 Å². The lowest BCUT2D eigenvalue weighted by Crippen LogP contribution is -2.26. The van der Waals surface area contributed by atoms with Gasteiger partial charge in [0.15, 0.2) is 0 Å². The lowest BCUT2D eigenvalue weighted by atomic mass is 10.3. The van der Waals surface area contributed by atoms with E-state index in [0.717, 1.165) is 23.3 Å². The van der Waals surface area contributed by atoms with Crippen molar-refractivity contribution in [2.24, 2.45) is 5.73 Å². The third kappa shape index (κ3) is 3.23. The van der Waals surface area contributed by atoms with E-state index in [1.54, 1.807) is 0 Å². The summed E-state index contributed by atoms with van der Waals surface area (Å²) >= 11 is 0. The summed E-state index contributed by atoms with van der Waals surface area (Å²) in [5.74, 6) is 3.33. The van der Waals surface area contributed by atoms with Crippen molar-refractivity contribution in [2.45, 2.75) is 19.9 Å². The van der Waals surface area contributed by atoms with Crippen LogP contribution in [0.3, 0.4) is 0 Å². The minimum Gasteiger partial charge on any atom is -0.366 e. The van der Waals surface area contributed by atoms with Gasteiger partial charge in [-0.2, -0.15) is 0 Å². The van der Waals surface area contributed by atoms with Gasteiger partial charge in [-0.15, -0.1) is 0 Å². The first kappa shape index (κ1) is 13.4. The fourth-order valence-electron chi connectivity index (χ4n) is 1.76. The second kappa shape index (κ2) is 5.71. The summed E-state index contributed by atoms with van der Waals surface area (Å²) in [6.45, 7) is 4.46. The maximum Gasteiger partial charge on any atom is 0.139 e. The van der Waals surface area contributed by atoms with Crippen molar-refractivity contribution >= 4 is 17.5 Å². The summed E-state index contributed by atoms with van der Waals surface area (Å²) in [5.41, 5.74) is 5.61. The highest BCUT2D eigenvalue weighted by Gasteiger charge is 2.10. The van der Waals surface area contributed by atoms with Crippen LogP contribution in [0.15, 0.2) is 24.4 Å². The van der Waals surface area contributed by atoms with Crippen molar-refractivity contribution in [3.05, 3.63) is 30.2 Å². The highest BCUT2D eigenvalue weighted by atomic mass is 15.2. The fraction of sp³-hybridized carbons (Fsp3) is 0.385. The quantitative estimate of drug-likeness (QED) is 0.761. The molecule has 0 amide bonds. The van der Waals surface area contributed by atoms with Crippen molar-refractivity contribution in [2.75, 3.05) is 23.8 Å². The average molecular weight is 260 g/mol. The first-order valence-electron chi connectivity index (χ1n) is 6.29. The molecule has 1 unspecified atom stereocenters. The maximum absolute atomic E-state index is 5.61. The van der Waals surface area contributed by atoms with Crippen LogP contribution in [0.5, 0.6) is 0 Å². The van der Waals surface area contributed by atoms with E-state index < -0.39 is 0 Å². The molecule has 0 aliphatic carbocycles. The van der Waals surface area contributed by atoms with Gasteiger partial charge in [-0.3, -0.25) is 0 Å². The largest absolute Gasteiger partial charge is 0.366 e. The molecule has 4 N–H and O–H groups in total. The van der Waals surface area contributed by atoms with Gasteiger partial charge >= 0.3 is 0 Å². The fourth-order valence-corrected chi connectivity index (χ4v) is 1.76. The number of rotatable bonds is 5. The molecule has 0 radical (unpaired) electrons. The number of H-pyrrole nitrogens is 1. The van der Waals surface area contributed by atoms with Crippen LogP contribution in [0.1, 0.15) is 12.7 Å². The number of hydrogen-bond acceptors (Lipinski definition) is 5. The second-order valence-electron chi connectivity index (χ2n) is 4.55. The van der Waals surface area contributed by atoms with Crippen LogP contribution in [0.4, 0.5) is 17.5 Å². The van der Waals surface area contributed by atoms with Crippen LogP contribution in [0.25, 0.3) is 0 Å². The summed E-state index contributed by atoms with van der Waals surface area (Å²) in [7, 11) is 1.96. The Kier molecular flexibility index (Phi) is 4.01. The van der Waals surface area contributed by atoms with Crippen LogP contribution >= 0.6 is 0 Å². The van der Waals surface area contributed by atoms with E-state index in [-0.39, 0.29) is 6.04 Å². The van der Waals surface area contributed by atoms with Crippen LogP contribution in [-0.2, 0) is 0 Å². The van der Waals surface area contributed by atoms with Crippen molar-refractivity contribution in [1.29, 1.82) is 0 Å². The normalized spacial score (nSPS) is 12.2. The number of nitrogens with zero attached hydrogens (tertiary/aromatic N) is 3. The molecule has 1 atom stereocenters. The summed E-state index contributed by atoms with van der Waals surface area (Å²) in [5, 5.41) is 3.26. The van der Waals surface area contributed by atoms with Gasteiger partial charge in [-0.1, -0.05) is 0 Å². The molecule has 0 bridgehead atoms. The molecular weight excluding hydrogens is 240 g/mol. The number of anilines is 3. The average Bonchev–Trinajstić information content (AvgIpc) is 2.90. The zero-order valence-corrected chi connectivity index (χ0v) is 11.5. The number of aryl methyl sites for hydroxylation is 1. The van der Waals surface area contributed by atoms with Crippen molar-refractivity contribution in [3.8, 4) is 0 Å². The minimum absolute atomic E-state index is 0.179. The van der Waals surface area contributed by atoms with E-state index in [1.165, 1.54) is 0 Å². The second-order valence-corrected chi connectivity index (χ2v) is 4.55. The van der Waals surface area contributed by atoms with Crippen molar-refractivity contribution in [3.63, 3.8) is 0 Å². The number of nitrogens with two attached hydrogens (primary N) is 1. The third-order valence-electron chi connectivity index (χ3n) is 2.86. The molecule has 0 aliphatic rings. The van der Waals surface area contributed by atoms with E-state index in [9.17, 15) is 0 Å². The molecule has 2 aromatic heterocycles. The van der Waals surface area contributed by atoms with E-state index >= 15 is 0 Å². The van der Waals surface area contributed by atoms with Gasteiger partial charge in [0, 0.05) is 31.9 Å². The Balaban J connectivity index is 2.26. The van der Waals surface area contributed by atoms with Gasteiger partial charge < -0.3 is 20.9 Å². The van der Waals surface area contributed by atoms with Crippen molar-refractivity contribution < 1.29 is 0 Å². The summed E-state index contributed by atoms with van der Waals surface area (Å²) in [6.07, 6.45) is 1.88. The molecule has 19 heavy (non-hydrogen) atoms. The SMILES string of the molecule is Cc1nc(NC(C)CN)cc(N(C)c2ccc[nH]2)n1. The Morgan fingerprint density at radius 2 is 2.26 bits per heavy atom. The predicted octanol–water partition coefficient (Wildman–Crippen LogP) is 1.64. The number of aromatic nitrogens is 3. The molecule has 0 aromatic carbocycles. The molecule has 0 aliphatic heterocycles. The van der Waals surface area contributed by atoms with Crippen LogP contribution in [-0.4, -0.2) is 34.6 Å². The van der Waals surface area contributed by atoms with E-state index in [0.29, 0.717) is 6.54 Å². The predicted molar refractivity (Wildman–Crippen MR) is 77.8 cm³/mol.